The van der Waals surface area contributed by atoms with Crippen molar-refractivity contribution in [1.29, 1.82) is 0 Å². The number of imidazole rings is 1. The van der Waals surface area contributed by atoms with E-state index in [1.807, 2.05) is 0 Å². The summed E-state index contributed by atoms with van der Waals surface area (Å²) < 4.78 is 6.55. The summed E-state index contributed by atoms with van der Waals surface area (Å²) in [6, 6.07) is 6.45. The van der Waals surface area contributed by atoms with Crippen molar-refractivity contribution in [1.82, 2.24) is 19.5 Å². The Morgan fingerprint density at radius 3 is 2.73 bits per heavy atom. The van der Waals surface area contributed by atoms with E-state index in [2.05, 4.69) is 20.3 Å². The number of esters is 1. The number of benzene rings is 1. The van der Waals surface area contributed by atoms with Gasteiger partial charge in [-0.15, -0.1) is 0 Å². The zero-order valence-electron chi connectivity index (χ0n) is 14.1. The Balaban J connectivity index is 1.59. The van der Waals surface area contributed by atoms with E-state index in [1.54, 1.807) is 35.8 Å². The van der Waals surface area contributed by atoms with Gasteiger partial charge in [0, 0.05) is 18.7 Å². The van der Waals surface area contributed by atoms with Crippen LogP contribution in [-0.4, -0.2) is 38.0 Å². The van der Waals surface area contributed by atoms with Gasteiger partial charge in [0.2, 0.25) is 5.91 Å². The molecular weight excluding hydrogens is 338 g/mol. The number of carbonyl (C=O) groups excluding carboxylic acids is 2. The minimum absolute atomic E-state index is 0.180. The van der Waals surface area contributed by atoms with Crippen LogP contribution in [0.2, 0.25) is 0 Å². The molecule has 26 heavy (non-hydrogen) atoms. The van der Waals surface area contributed by atoms with Crippen molar-refractivity contribution >= 4 is 28.7 Å². The molecule has 1 amide bonds. The van der Waals surface area contributed by atoms with Crippen LogP contribution in [0.4, 0.5) is 5.69 Å². The summed E-state index contributed by atoms with van der Waals surface area (Å²) in [7, 11) is 0. The van der Waals surface area contributed by atoms with E-state index in [0.717, 1.165) is 0 Å². The first-order valence-electron chi connectivity index (χ1n) is 8.04. The van der Waals surface area contributed by atoms with Gasteiger partial charge in [-0.3, -0.25) is 9.59 Å². The van der Waals surface area contributed by atoms with E-state index in [-0.39, 0.29) is 23.4 Å². The molecule has 0 saturated heterocycles. The third-order valence-electron chi connectivity index (χ3n) is 3.67. The summed E-state index contributed by atoms with van der Waals surface area (Å²) in [5.41, 5.74) is 1.35. The Labute approximate surface area is 148 Å². The maximum absolute atomic E-state index is 12.1. The van der Waals surface area contributed by atoms with E-state index in [0.29, 0.717) is 30.0 Å². The quantitative estimate of drug-likeness (QED) is 0.644. The third-order valence-corrected chi connectivity index (χ3v) is 3.67. The van der Waals surface area contributed by atoms with Gasteiger partial charge < -0.3 is 19.6 Å². The van der Waals surface area contributed by atoms with Crippen molar-refractivity contribution in [2.24, 2.45) is 0 Å². The molecule has 2 N–H and O–H groups in total. The van der Waals surface area contributed by atoms with Crippen molar-refractivity contribution in [3.05, 3.63) is 52.8 Å². The second kappa shape index (κ2) is 7.60. The summed E-state index contributed by atoms with van der Waals surface area (Å²) in [6.45, 7) is 2.38. The second-order valence-electron chi connectivity index (χ2n) is 5.44. The molecule has 2 heterocycles. The molecule has 0 radical (unpaired) electrons. The Hall–Kier alpha value is -3.49. The molecule has 134 valence electrons. The van der Waals surface area contributed by atoms with Crippen LogP contribution in [0.25, 0.3) is 11.2 Å². The highest BCUT2D eigenvalue weighted by molar-refractivity contribution is 5.93. The van der Waals surface area contributed by atoms with Crippen LogP contribution >= 0.6 is 0 Å². The lowest BCUT2D eigenvalue weighted by atomic mass is 10.2. The van der Waals surface area contributed by atoms with Gasteiger partial charge >= 0.3 is 5.97 Å². The summed E-state index contributed by atoms with van der Waals surface area (Å²) >= 11 is 0. The van der Waals surface area contributed by atoms with E-state index in [9.17, 15) is 14.4 Å². The number of aromatic amines is 1. The number of nitrogens with one attached hydrogen (secondary N) is 2. The Bertz CT molecular complexity index is 990. The Morgan fingerprint density at radius 2 is 2.00 bits per heavy atom. The average Bonchev–Trinajstić information content (AvgIpc) is 3.05. The number of aryl methyl sites for hydroxylation is 1. The normalized spacial score (nSPS) is 10.7. The lowest BCUT2D eigenvalue weighted by Crippen LogP contribution is -2.15. The van der Waals surface area contributed by atoms with Crippen LogP contribution in [-0.2, 0) is 16.1 Å². The number of anilines is 1. The highest BCUT2D eigenvalue weighted by atomic mass is 16.5. The maximum Gasteiger partial charge on any atom is 0.338 e. The minimum atomic E-state index is -0.403. The fraction of sp³-hybridized carbons (Fsp3) is 0.235. The molecule has 9 nitrogen and oxygen atoms in total. The van der Waals surface area contributed by atoms with Gasteiger partial charge in [0.1, 0.15) is 0 Å². The molecule has 3 aromatic rings. The number of nitrogens with zero attached hydrogens (tertiary/aromatic N) is 3. The molecule has 2 aromatic heterocycles. The molecule has 3 rings (SSSR count). The Morgan fingerprint density at radius 1 is 1.23 bits per heavy atom. The molecule has 0 aliphatic rings. The highest BCUT2D eigenvalue weighted by Gasteiger charge is 2.10. The Kier molecular flexibility index (Phi) is 5.07. The summed E-state index contributed by atoms with van der Waals surface area (Å²) in [5.74, 6) is -0.611. The number of rotatable bonds is 6. The first-order valence-corrected chi connectivity index (χ1v) is 8.04. The fourth-order valence-corrected chi connectivity index (χ4v) is 2.40. The van der Waals surface area contributed by atoms with Crippen LogP contribution in [0.5, 0.6) is 0 Å². The monoisotopic (exact) mass is 355 g/mol. The predicted octanol–water partition coefficient (Wildman–Crippen LogP) is 1.33. The van der Waals surface area contributed by atoms with Crippen molar-refractivity contribution < 1.29 is 14.3 Å². The number of H-pyrrole nitrogens is 1. The van der Waals surface area contributed by atoms with Gasteiger partial charge in [0.15, 0.2) is 11.2 Å². The number of carbonyl (C=O) groups is 2. The first-order chi connectivity index (χ1) is 12.6. The predicted molar refractivity (Wildman–Crippen MR) is 93.8 cm³/mol. The van der Waals surface area contributed by atoms with Crippen LogP contribution in [0, 0.1) is 0 Å². The molecule has 9 heteroatoms. The van der Waals surface area contributed by atoms with Crippen LogP contribution in [0.3, 0.4) is 0 Å². The van der Waals surface area contributed by atoms with Crippen LogP contribution in [0.1, 0.15) is 23.7 Å². The maximum atomic E-state index is 12.1. The minimum Gasteiger partial charge on any atom is -0.462 e. The molecule has 0 aliphatic heterocycles. The zero-order valence-corrected chi connectivity index (χ0v) is 14.1. The molecular formula is C17H17N5O4. The average molecular weight is 355 g/mol. The topological polar surface area (TPSA) is 119 Å². The smallest absolute Gasteiger partial charge is 0.338 e. The summed E-state index contributed by atoms with van der Waals surface area (Å²) in [5, 5.41) is 2.75. The van der Waals surface area contributed by atoms with E-state index >= 15 is 0 Å². The number of hydrogen-bond donors (Lipinski definition) is 2. The molecule has 0 aliphatic carbocycles. The number of hydrogen-bond acceptors (Lipinski definition) is 6. The van der Waals surface area contributed by atoms with Gasteiger partial charge in [-0.2, -0.15) is 0 Å². The largest absolute Gasteiger partial charge is 0.462 e. The molecule has 1 aromatic carbocycles. The van der Waals surface area contributed by atoms with Crippen molar-refractivity contribution in [2.75, 3.05) is 11.9 Å². The van der Waals surface area contributed by atoms with Gasteiger partial charge in [-0.25, -0.2) is 14.8 Å². The fourth-order valence-electron chi connectivity index (χ4n) is 2.40. The van der Waals surface area contributed by atoms with Gasteiger partial charge in [-0.1, -0.05) is 0 Å². The van der Waals surface area contributed by atoms with Crippen molar-refractivity contribution in [2.45, 2.75) is 19.9 Å². The lowest BCUT2D eigenvalue weighted by Gasteiger charge is -2.07. The summed E-state index contributed by atoms with van der Waals surface area (Å²) in [4.78, 5) is 45.8. The van der Waals surface area contributed by atoms with Crippen LogP contribution < -0.4 is 10.9 Å². The summed E-state index contributed by atoms with van der Waals surface area (Å²) in [6.07, 6.45) is 2.96. The number of aromatic nitrogens is 4. The molecule has 0 spiro atoms. The zero-order chi connectivity index (χ0) is 18.5. The highest BCUT2D eigenvalue weighted by Crippen LogP contribution is 2.12. The van der Waals surface area contributed by atoms with E-state index in [4.69, 9.17) is 4.74 Å². The molecule has 0 saturated carbocycles. The molecule has 0 bridgehead atoms. The molecule has 0 fully saturated rings. The van der Waals surface area contributed by atoms with Crippen molar-refractivity contribution in [3.8, 4) is 0 Å². The molecule has 0 atom stereocenters. The third kappa shape index (κ3) is 3.77. The van der Waals surface area contributed by atoms with Gasteiger partial charge in [-0.05, 0) is 31.2 Å². The number of ether oxygens (including phenoxy) is 1. The molecule has 0 unspecified atom stereocenters. The first kappa shape index (κ1) is 17.3. The number of amides is 1. The standard InChI is InChI=1S/C17H17N5O4/c1-2-26-17(25)11-3-5-12(6-4-11)21-13(23)7-8-22-10-20-14-15(22)18-9-19-16(14)24/h3-6,9-10H,2,7-8H2,1H3,(H,21,23)(H,18,19,24). The van der Waals surface area contributed by atoms with Gasteiger partial charge in [0.25, 0.3) is 5.56 Å². The van der Waals surface area contributed by atoms with Gasteiger partial charge in [0.05, 0.1) is 24.8 Å². The second-order valence-corrected chi connectivity index (χ2v) is 5.44. The van der Waals surface area contributed by atoms with E-state index < -0.39 is 5.97 Å². The van der Waals surface area contributed by atoms with Crippen LogP contribution in [0.15, 0.2) is 41.7 Å². The SMILES string of the molecule is CCOC(=O)c1ccc(NC(=O)CCn2cnc3c(=O)[nH]cnc32)cc1. The number of fused-ring (bicyclic) bond motifs is 1. The van der Waals surface area contributed by atoms with E-state index in [1.165, 1.54) is 12.7 Å². The van der Waals surface area contributed by atoms with Crippen molar-refractivity contribution in [3.63, 3.8) is 0 Å². The lowest BCUT2D eigenvalue weighted by molar-refractivity contribution is -0.116.